The number of hydrogen-bond donors (Lipinski definition) is 0. The maximum Gasteiger partial charge on any atom is 0.164 e. The van der Waals surface area contributed by atoms with Crippen molar-refractivity contribution in [3.05, 3.63) is 212 Å². The maximum absolute atomic E-state index is 5.16. The first-order chi connectivity index (χ1) is 32.2. The number of hydrogen-bond acceptors (Lipinski definition) is 6. The molecule has 0 aliphatic rings. The van der Waals surface area contributed by atoms with Crippen LogP contribution in [0.5, 0.6) is 0 Å². The van der Waals surface area contributed by atoms with Crippen LogP contribution in [0.1, 0.15) is 0 Å². The molecule has 0 amide bonds. The molecule has 0 aliphatic heterocycles. The van der Waals surface area contributed by atoms with Gasteiger partial charge in [0.05, 0.1) is 21.3 Å². The molecule has 304 valence electrons. The summed E-state index contributed by atoms with van der Waals surface area (Å²) in [7, 11) is 0. The van der Waals surface area contributed by atoms with E-state index in [0.717, 1.165) is 43.2 Å². The van der Waals surface area contributed by atoms with E-state index in [0.29, 0.717) is 17.5 Å². The molecule has 7 heteroatoms. The molecule has 0 spiro atoms. The van der Waals surface area contributed by atoms with Gasteiger partial charge in [-0.15, -0.1) is 22.7 Å². The first-order valence-corrected chi connectivity index (χ1v) is 23.3. The summed E-state index contributed by atoms with van der Waals surface area (Å²) in [6.45, 7) is 0. The van der Waals surface area contributed by atoms with Crippen molar-refractivity contribution in [2.75, 3.05) is 0 Å². The Morgan fingerprint density at radius 2 is 0.846 bits per heavy atom. The lowest BCUT2D eigenvalue weighted by molar-refractivity contribution is 1.07. The average Bonchev–Trinajstić information content (AvgIpc) is 4.09. The highest BCUT2D eigenvalue weighted by Crippen LogP contribution is 2.45. The largest absolute Gasteiger partial charge is 0.309 e. The fraction of sp³-hybridized carbons (Fsp3) is 0. The Labute approximate surface area is 382 Å². The second kappa shape index (κ2) is 15.3. The van der Waals surface area contributed by atoms with Gasteiger partial charge in [-0.25, -0.2) is 19.9 Å². The van der Waals surface area contributed by atoms with E-state index in [9.17, 15) is 0 Å². The summed E-state index contributed by atoms with van der Waals surface area (Å²) in [5.74, 6) is 1.89. The van der Waals surface area contributed by atoms with Crippen LogP contribution in [-0.2, 0) is 0 Å². The van der Waals surface area contributed by atoms with Crippen LogP contribution in [0.3, 0.4) is 0 Å². The second-order valence-corrected chi connectivity index (χ2v) is 18.3. The molecule has 0 bridgehead atoms. The fourth-order valence-corrected chi connectivity index (χ4v) is 11.5. The van der Waals surface area contributed by atoms with Crippen LogP contribution in [0.4, 0.5) is 0 Å². The first-order valence-electron chi connectivity index (χ1n) is 21.6. The predicted molar refractivity (Wildman–Crippen MR) is 273 cm³/mol. The summed E-state index contributed by atoms with van der Waals surface area (Å²) in [4.78, 5) is 19.9. The van der Waals surface area contributed by atoms with Crippen LogP contribution in [0, 0.1) is 0 Å². The van der Waals surface area contributed by atoms with Gasteiger partial charge in [-0.3, -0.25) is 0 Å². The van der Waals surface area contributed by atoms with Crippen LogP contribution >= 0.6 is 22.7 Å². The van der Waals surface area contributed by atoms with Gasteiger partial charge in [0.2, 0.25) is 0 Å². The molecule has 0 saturated heterocycles. The third-order valence-corrected chi connectivity index (χ3v) is 14.7. The van der Waals surface area contributed by atoms with Crippen molar-refractivity contribution in [1.29, 1.82) is 0 Å². The zero-order valence-electron chi connectivity index (χ0n) is 34.8. The molecular formula is C58H35N5S2. The van der Waals surface area contributed by atoms with E-state index in [4.69, 9.17) is 19.9 Å². The van der Waals surface area contributed by atoms with Gasteiger partial charge in [0, 0.05) is 58.9 Å². The van der Waals surface area contributed by atoms with Gasteiger partial charge in [-0.2, -0.15) is 0 Å². The topological polar surface area (TPSA) is 56.5 Å². The van der Waals surface area contributed by atoms with E-state index in [-0.39, 0.29) is 0 Å². The molecule has 0 atom stereocenters. The minimum Gasteiger partial charge on any atom is -0.309 e. The smallest absolute Gasteiger partial charge is 0.164 e. The summed E-state index contributed by atoms with van der Waals surface area (Å²) in [6.07, 6.45) is 0. The van der Waals surface area contributed by atoms with E-state index in [1.807, 2.05) is 72.0 Å². The zero-order chi connectivity index (χ0) is 42.8. The number of rotatable bonds is 7. The molecule has 13 aromatic rings. The molecule has 9 aromatic carbocycles. The Morgan fingerprint density at radius 3 is 1.51 bits per heavy atom. The number of aromatic nitrogens is 5. The third-order valence-electron chi connectivity index (χ3n) is 12.3. The molecule has 13 rings (SSSR count). The summed E-state index contributed by atoms with van der Waals surface area (Å²) in [5, 5.41) is 6.04. The van der Waals surface area contributed by atoms with E-state index in [2.05, 4.69) is 156 Å². The summed E-state index contributed by atoms with van der Waals surface area (Å²) in [6, 6.07) is 75.2. The van der Waals surface area contributed by atoms with Gasteiger partial charge in [0.15, 0.2) is 17.5 Å². The number of benzene rings is 9. The lowest BCUT2D eigenvalue weighted by atomic mass is 9.99. The van der Waals surface area contributed by atoms with Gasteiger partial charge >= 0.3 is 0 Å². The number of para-hydroxylation sites is 1. The Bertz CT molecular complexity index is 3870. The van der Waals surface area contributed by atoms with Gasteiger partial charge in [0.25, 0.3) is 0 Å². The normalized spacial score (nSPS) is 11.7. The highest BCUT2D eigenvalue weighted by atomic mass is 32.1. The molecule has 5 nitrogen and oxygen atoms in total. The maximum atomic E-state index is 5.16. The molecule has 4 heterocycles. The van der Waals surface area contributed by atoms with Crippen LogP contribution in [0.2, 0.25) is 0 Å². The second-order valence-electron chi connectivity index (χ2n) is 16.2. The molecule has 0 unspecified atom stereocenters. The molecular weight excluding hydrogens is 831 g/mol. The van der Waals surface area contributed by atoms with Crippen molar-refractivity contribution >= 4 is 74.9 Å². The Balaban J connectivity index is 0.854. The number of thiophene rings is 1. The number of fused-ring (bicyclic) bond motifs is 7. The summed E-state index contributed by atoms with van der Waals surface area (Å²) >= 11 is 3.59. The minimum atomic E-state index is 0.617. The number of thiazole rings is 1. The predicted octanol–water partition coefficient (Wildman–Crippen LogP) is 15.9. The van der Waals surface area contributed by atoms with Crippen LogP contribution < -0.4 is 0 Å². The van der Waals surface area contributed by atoms with Crippen molar-refractivity contribution in [3.63, 3.8) is 0 Å². The Morgan fingerprint density at radius 1 is 0.323 bits per heavy atom. The van der Waals surface area contributed by atoms with Crippen LogP contribution in [0.15, 0.2) is 212 Å². The molecule has 0 fully saturated rings. The highest BCUT2D eigenvalue weighted by Gasteiger charge is 2.18. The minimum absolute atomic E-state index is 0.617. The van der Waals surface area contributed by atoms with E-state index in [1.165, 1.54) is 64.2 Å². The molecule has 0 aliphatic carbocycles. The molecule has 0 radical (unpaired) electrons. The average molecular weight is 866 g/mol. The van der Waals surface area contributed by atoms with E-state index in [1.54, 1.807) is 11.3 Å². The SMILES string of the molecule is c1ccc(-c2nc(-c3ccccc3)nc(-c3ccc4sc(-c5ccc(-n6c7ccccc7c7cc(-c8cccc9c8sc8c(-c%10ccccc%10)cccc89)ccc76)cc5)nc4c3)n2)cc1. The van der Waals surface area contributed by atoms with Crippen LogP contribution in [-0.4, -0.2) is 24.5 Å². The Hall–Kier alpha value is -8.10. The lowest BCUT2D eigenvalue weighted by Gasteiger charge is -2.09. The van der Waals surface area contributed by atoms with Gasteiger partial charge in [0.1, 0.15) is 5.01 Å². The molecule has 65 heavy (non-hydrogen) atoms. The monoisotopic (exact) mass is 865 g/mol. The van der Waals surface area contributed by atoms with Gasteiger partial charge < -0.3 is 4.57 Å². The Kier molecular flexibility index (Phi) is 8.82. The zero-order valence-corrected chi connectivity index (χ0v) is 36.4. The van der Waals surface area contributed by atoms with Crippen molar-refractivity contribution in [2.24, 2.45) is 0 Å². The summed E-state index contributed by atoms with van der Waals surface area (Å²) in [5.41, 5.74) is 13.2. The number of nitrogens with zero attached hydrogens (tertiary/aromatic N) is 5. The van der Waals surface area contributed by atoms with Crippen molar-refractivity contribution in [1.82, 2.24) is 24.5 Å². The van der Waals surface area contributed by atoms with E-state index < -0.39 is 0 Å². The third kappa shape index (κ3) is 6.43. The molecule has 4 aromatic heterocycles. The van der Waals surface area contributed by atoms with Gasteiger partial charge in [-0.05, 0) is 82.9 Å². The van der Waals surface area contributed by atoms with Crippen molar-refractivity contribution in [3.8, 4) is 72.7 Å². The van der Waals surface area contributed by atoms with Crippen molar-refractivity contribution in [2.45, 2.75) is 0 Å². The van der Waals surface area contributed by atoms with Crippen LogP contribution in [0.25, 0.3) is 125 Å². The van der Waals surface area contributed by atoms with Crippen molar-refractivity contribution < 1.29 is 0 Å². The molecule has 0 N–H and O–H groups in total. The first kappa shape index (κ1) is 37.5. The van der Waals surface area contributed by atoms with Gasteiger partial charge in [-0.1, -0.05) is 152 Å². The quantitative estimate of drug-likeness (QED) is 0.160. The summed E-state index contributed by atoms with van der Waals surface area (Å²) < 4.78 is 6.13. The fourth-order valence-electron chi connectivity index (χ4n) is 9.19. The highest BCUT2D eigenvalue weighted by molar-refractivity contribution is 7.27. The molecule has 0 saturated carbocycles. The standard InChI is InChI=1S/C58H35N5S2/c1-4-14-36(15-5-1)43-21-12-23-46-47-24-13-22-44(54(47)65-53(43)46)40-28-32-51-48(34-40)45-20-10-11-25-50(45)63(51)42-30-26-39(27-31-42)58-59-49-35-41(29-33-52(49)64-58)57-61-55(37-16-6-2-7-17-37)60-56(62-57)38-18-8-3-9-19-38/h1-35H. The lowest BCUT2D eigenvalue weighted by Crippen LogP contribution is -2.00. The van der Waals surface area contributed by atoms with E-state index >= 15 is 0 Å².